The van der Waals surface area contributed by atoms with E-state index in [0.29, 0.717) is 13.0 Å². The summed E-state index contributed by atoms with van der Waals surface area (Å²) < 4.78 is 5.68. The average molecular weight is 277 g/mol. The van der Waals surface area contributed by atoms with Gasteiger partial charge in [0.25, 0.3) is 0 Å². The third kappa shape index (κ3) is 6.07. The number of nitrogens with zero attached hydrogens (tertiary/aromatic N) is 1. The first-order chi connectivity index (χ1) is 9.67. The minimum absolute atomic E-state index is 0.0819. The number of benzene rings is 1. The molecule has 2 N–H and O–H groups in total. The molecule has 110 valence electrons. The normalized spacial score (nSPS) is 11.8. The summed E-state index contributed by atoms with van der Waals surface area (Å²) in [5.41, 5.74) is 0.882. The summed E-state index contributed by atoms with van der Waals surface area (Å²) >= 11 is 0. The molecule has 0 aromatic heterocycles. The Morgan fingerprint density at radius 2 is 2.15 bits per heavy atom. The molecule has 4 heteroatoms. The lowest BCUT2D eigenvalue weighted by molar-refractivity contribution is 0.140. The second-order valence-electron chi connectivity index (χ2n) is 4.66. The largest absolute Gasteiger partial charge is 0.492 e. The highest BCUT2D eigenvalue weighted by Gasteiger charge is 2.07. The maximum Gasteiger partial charge on any atom is 0.120 e. The maximum atomic E-state index is 9.05. The molecule has 1 aromatic rings. The van der Waals surface area contributed by atoms with Crippen molar-refractivity contribution in [3.8, 4) is 17.6 Å². The quantitative estimate of drug-likeness (QED) is 0.733. The molecule has 1 aromatic carbocycles. The molecule has 0 fully saturated rings. The fourth-order valence-electron chi connectivity index (χ4n) is 1.55. The Morgan fingerprint density at radius 3 is 2.85 bits per heavy atom. The zero-order valence-corrected chi connectivity index (χ0v) is 12.2. The van der Waals surface area contributed by atoms with Gasteiger partial charge >= 0.3 is 0 Å². The van der Waals surface area contributed by atoms with Crippen LogP contribution in [0.5, 0.6) is 5.75 Å². The van der Waals surface area contributed by atoms with Crippen molar-refractivity contribution in [1.82, 2.24) is 4.90 Å². The molecule has 4 nitrogen and oxygen atoms in total. The van der Waals surface area contributed by atoms with Gasteiger partial charge in [-0.25, -0.2) is 0 Å². The Bertz CT molecular complexity index is 451. The number of rotatable bonds is 7. The van der Waals surface area contributed by atoms with Crippen LogP contribution < -0.4 is 4.74 Å². The fraction of sp³-hybridized carbons (Fsp3) is 0.500. The highest BCUT2D eigenvalue weighted by atomic mass is 16.5. The molecule has 1 rings (SSSR count). The zero-order chi connectivity index (χ0) is 14.8. The van der Waals surface area contributed by atoms with E-state index in [0.717, 1.165) is 17.9 Å². The van der Waals surface area contributed by atoms with E-state index in [2.05, 4.69) is 11.8 Å². The van der Waals surface area contributed by atoms with Crippen molar-refractivity contribution >= 4 is 0 Å². The molecular formula is C16H23NO3. The van der Waals surface area contributed by atoms with Crippen molar-refractivity contribution in [1.29, 1.82) is 0 Å². The summed E-state index contributed by atoms with van der Waals surface area (Å²) in [6.07, 6.45) is 0.481. The predicted molar refractivity (Wildman–Crippen MR) is 79.7 cm³/mol. The molecule has 20 heavy (non-hydrogen) atoms. The fourth-order valence-corrected chi connectivity index (χ4v) is 1.55. The maximum absolute atomic E-state index is 9.05. The number of aliphatic hydroxyl groups excluding tert-OH is 2. The summed E-state index contributed by atoms with van der Waals surface area (Å²) in [5.74, 6) is 6.65. The Hall–Kier alpha value is -1.54. The van der Waals surface area contributed by atoms with Gasteiger partial charge in [0.15, 0.2) is 0 Å². The summed E-state index contributed by atoms with van der Waals surface area (Å²) in [6.45, 7) is 3.51. The van der Waals surface area contributed by atoms with E-state index in [4.69, 9.17) is 14.9 Å². The average Bonchev–Trinajstić information content (AvgIpc) is 2.47. The zero-order valence-electron chi connectivity index (χ0n) is 12.2. The SMILES string of the molecule is CC(CO)N(C)CCOc1cccc(C#CCCO)c1. The first kappa shape index (κ1) is 16.5. The highest BCUT2D eigenvalue weighted by Crippen LogP contribution is 2.12. The van der Waals surface area contributed by atoms with Crippen molar-refractivity contribution in [3.63, 3.8) is 0 Å². The Balaban J connectivity index is 2.45. The van der Waals surface area contributed by atoms with E-state index in [-0.39, 0.29) is 19.3 Å². The smallest absolute Gasteiger partial charge is 0.120 e. The van der Waals surface area contributed by atoms with E-state index in [9.17, 15) is 0 Å². The van der Waals surface area contributed by atoms with Crippen LogP contribution >= 0.6 is 0 Å². The van der Waals surface area contributed by atoms with Gasteiger partial charge in [0.05, 0.1) is 13.2 Å². The summed E-state index contributed by atoms with van der Waals surface area (Å²) in [4.78, 5) is 2.05. The van der Waals surface area contributed by atoms with Gasteiger partial charge in [0.2, 0.25) is 0 Å². The van der Waals surface area contributed by atoms with Gasteiger partial charge < -0.3 is 14.9 Å². The molecule has 0 aliphatic carbocycles. The predicted octanol–water partition coefficient (Wildman–Crippen LogP) is 1.11. The molecule has 0 saturated heterocycles. The standard InChI is InChI=1S/C16H23NO3/c1-14(13-19)17(2)9-11-20-16-8-5-7-15(12-16)6-3-4-10-18/h5,7-8,12,14,18-19H,4,9-11,13H2,1-2H3. The molecule has 1 atom stereocenters. The molecule has 0 heterocycles. The van der Waals surface area contributed by atoms with Gasteiger partial charge in [-0.1, -0.05) is 17.9 Å². The molecule has 0 bridgehead atoms. The van der Waals surface area contributed by atoms with Crippen LogP contribution in [0.2, 0.25) is 0 Å². The Labute approximate surface area is 121 Å². The van der Waals surface area contributed by atoms with Crippen molar-refractivity contribution < 1.29 is 14.9 Å². The van der Waals surface area contributed by atoms with Gasteiger partial charge in [0, 0.05) is 24.6 Å². The van der Waals surface area contributed by atoms with E-state index in [1.807, 2.05) is 43.1 Å². The monoisotopic (exact) mass is 277 g/mol. The van der Waals surface area contributed by atoms with Gasteiger partial charge in [-0.15, -0.1) is 0 Å². The molecule has 0 aliphatic heterocycles. The summed E-state index contributed by atoms with van der Waals surface area (Å²) in [6, 6.07) is 7.73. The number of hydrogen-bond acceptors (Lipinski definition) is 4. The number of aliphatic hydroxyl groups is 2. The van der Waals surface area contributed by atoms with Gasteiger partial charge in [0.1, 0.15) is 12.4 Å². The molecule has 0 amide bonds. The molecular weight excluding hydrogens is 254 g/mol. The van der Waals surface area contributed by atoms with Crippen molar-refractivity contribution in [2.75, 3.05) is 33.4 Å². The number of likely N-dealkylation sites (N-methyl/N-ethyl adjacent to an activating group) is 1. The first-order valence-corrected chi connectivity index (χ1v) is 6.81. The minimum atomic E-state index is 0.0819. The third-order valence-corrected chi connectivity index (χ3v) is 3.03. The molecule has 0 saturated carbocycles. The van der Waals surface area contributed by atoms with E-state index >= 15 is 0 Å². The van der Waals surface area contributed by atoms with Crippen molar-refractivity contribution in [3.05, 3.63) is 29.8 Å². The lowest BCUT2D eigenvalue weighted by atomic mass is 10.2. The first-order valence-electron chi connectivity index (χ1n) is 6.81. The molecule has 1 unspecified atom stereocenters. The lowest BCUT2D eigenvalue weighted by Gasteiger charge is -2.22. The summed E-state index contributed by atoms with van der Waals surface area (Å²) in [5, 5.41) is 17.7. The van der Waals surface area contributed by atoms with Crippen LogP contribution in [0, 0.1) is 11.8 Å². The molecule has 0 spiro atoms. The van der Waals surface area contributed by atoms with Gasteiger partial charge in [-0.05, 0) is 32.2 Å². The van der Waals surface area contributed by atoms with E-state index < -0.39 is 0 Å². The second kappa shape index (κ2) is 9.38. The van der Waals surface area contributed by atoms with Crippen LogP contribution in [0.3, 0.4) is 0 Å². The third-order valence-electron chi connectivity index (χ3n) is 3.03. The second-order valence-corrected chi connectivity index (χ2v) is 4.66. The molecule has 0 aliphatic rings. The van der Waals surface area contributed by atoms with E-state index in [1.165, 1.54) is 0 Å². The minimum Gasteiger partial charge on any atom is -0.492 e. The van der Waals surface area contributed by atoms with Gasteiger partial charge in [-0.2, -0.15) is 0 Å². The molecule has 0 radical (unpaired) electrons. The van der Waals surface area contributed by atoms with Crippen LogP contribution in [-0.2, 0) is 0 Å². The van der Waals surface area contributed by atoms with E-state index in [1.54, 1.807) is 0 Å². The van der Waals surface area contributed by atoms with Gasteiger partial charge in [-0.3, -0.25) is 4.90 Å². The van der Waals surface area contributed by atoms with Crippen molar-refractivity contribution in [2.24, 2.45) is 0 Å². The highest BCUT2D eigenvalue weighted by molar-refractivity contribution is 5.39. The lowest BCUT2D eigenvalue weighted by Crippen LogP contribution is -2.35. The Morgan fingerprint density at radius 1 is 1.35 bits per heavy atom. The van der Waals surface area contributed by atoms with Crippen LogP contribution in [0.1, 0.15) is 18.9 Å². The number of ether oxygens (including phenoxy) is 1. The topological polar surface area (TPSA) is 52.9 Å². The van der Waals surface area contributed by atoms with Crippen LogP contribution in [0.4, 0.5) is 0 Å². The van der Waals surface area contributed by atoms with Crippen LogP contribution in [-0.4, -0.2) is 54.6 Å². The number of hydrogen-bond donors (Lipinski definition) is 2. The van der Waals surface area contributed by atoms with Crippen molar-refractivity contribution in [2.45, 2.75) is 19.4 Å². The summed E-state index contributed by atoms with van der Waals surface area (Å²) in [7, 11) is 1.96. The Kier molecular flexibility index (Phi) is 7.74. The van der Waals surface area contributed by atoms with Crippen LogP contribution in [0.25, 0.3) is 0 Å². The van der Waals surface area contributed by atoms with Crippen LogP contribution in [0.15, 0.2) is 24.3 Å².